The fourth-order valence-electron chi connectivity index (χ4n) is 5.09. The van der Waals surface area contributed by atoms with Crippen molar-refractivity contribution in [1.82, 2.24) is 0 Å². The number of nitrogens with two attached hydrogens (primary N) is 1. The van der Waals surface area contributed by atoms with E-state index in [-0.39, 0.29) is 30.6 Å². The summed E-state index contributed by atoms with van der Waals surface area (Å²) in [6.07, 6.45) is 2.38. The van der Waals surface area contributed by atoms with Gasteiger partial charge in [-0.25, -0.2) is 4.79 Å². The number of fused-ring (bicyclic) bond motifs is 2. The van der Waals surface area contributed by atoms with E-state index < -0.39 is 42.0 Å². The Morgan fingerprint density at radius 2 is 1.84 bits per heavy atom. The highest BCUT2D eigenvalue weighted by atomic mass is 35.5. The summed E-state index contributed by atoms with van der Waals surface area (Å²) in [4.78, 5) is 24.5. The van der Waals surface area contributed by atoms with Crippen molar-refractivity contribution < 1.29 is 34.8 Å². The fraction of sp³-hybridized carbons (Fsp3) is 0.571. The molecule has 7 N–H and O–H groups in total. The molecule has 10 heteroatoms. The molecule has 1 aliphatic heterocycles. The molecule has 212 valence electrons. The number of primary amides is 1. The molecule has 1 aromatic carbocycles. The number of benzene rings is 1. The Labute approximate surface area is 229 Å². The molecule has 2 rings (SSSR count). The third-order valence-corrected chi connectivity index (χ3v) is 7.38. The minimum Gasteiger partial charge on any atom is -0.505 e. The van der Waals surface area contributed by atoms with E-state index in [0.29, 0.717) is 47.4 Å². The number of nitrogens with one attached hydrogen (secondary N) is 1. The third kappa shape index (κ3) is 8.73. The van der Waals surface area contributed by atoms with E-state index in [9.17, 15) is 30.0 Å². The zero-order valence-electron chi connectivity index (χ0n) is 22.5. The maximum absolute atomic E-state index is 12.8. The number of phenolic OH excluding ortho intramolecular Hbond substituents is 1. The van der Waals surface area contributed by atoms with E-state index in [0.717, 1.165) is 0 Å². The first-order valence-electron chi connectivity index (χ1n) is 12.9. The van der Waals surface area contributed by atoms with Gasteiger partial charge >= 0.3 is 6.09 Å². The van der Waals surface area contributed by atoms with Crippen molar-refractivity contribution in [3.8, 4) is 5.75 Å². The number of aromatic hydroxyl groups is 1. The third-order valence-electron chi connectivity index (χ3n) is 7.16. The molecule has 2 bridgehead atoms. The van der Waals surface area contributed by atoms with Gasteiger partial charge in [-0.2, -0.15) is 0 Å². The molecule has 0 fully saturated rings. The number of phenols is 1. The van der Waals surface area contributed by atoms with Crippen LogP contribution in [0.1, 0.15) is 52.5 Å². The summed E-state index contributed by atoms with van der Waals surface area (Å²) < 4.78 is 5.36. The second-order valence-electron chi connectivity index (χ2n) is 10.4. The van der Waals surface area contributed by atoms with Gasteiger partial charge in [-0.3, -0.25) is 4.79 Å². The molecule has 38 heavy (non-hydrogen) atoms. The van der Waals surface area contributed by atoms with Gasteiger partial charge in [-0.05, 0) is 68.7 Å². The van der Waals surface area contributed by atoms with Crippen molar-refractivity contribution in [1.29, 1.82) is 0 Å². The second kappa shape index (κ2) is 14.5. The van der Waals surface area contributed by atoms with E-state index in [2.05, 4.69) is 5.32 Å². The molecule has 1 aromatic rings. The number of allylic oxidation sites excluding steroid dienone is 1. The lowest BCUT2D eigenvalue weighted by Crippen LogP contribution is -2.34. The van der Waals surface area contributed by atoms with Gasteiger partial charge < -0.3 is 36.2 Å². The number of hydrogen-bond acceptors (Lipinski definition) is 7. The number of halogens is 1. The maximum atomic E-state index is 12.8. The van der Waals surface area contributed by atoms with E-state index in [1.807, 2.05) is 6.92 Å². The van der Waals surface area contributed by atoms with Crippen LogP contribution < -0.4 is 11.1 Å². The van der Waals surface area contributed by atoms with E-state index in [1.54, 1.807) is 39.0 Å². The normalized spacial score (nSPS) is 28.2. The predicted molar refractivity (Wildman–Crippen MR) is 147 cm³/mol. The number of rotatable bonds is 3. The Kier molecular flexibility index (Phi) is 12.1. The van der Waals surface area contributed by atoms with Gasteiger partial charge in [0, 0.05) is 41.6 Å². The average molecular weight is 553 g/mol. The molecule has 0 unspecified atom stereocenters. The van der Waals surface area contributed by atoms with Crippen LogP contribution in [0.5, 0.6) is 5.75 Å². The molecule has 0 radical (unpaired) electrons. The van der Waals surface area contributed by atoms with Gasteiger partial charge in [0.1, 0.15) is 11.9 Å². The largest absolute Gasteiger partial charge is 0.505 e. The quantitative estimate of drug-likeness (QED) is 0.244. The highest BCUT2D eigenvalue weighted by Crippen LogP contribution is 2.35. The first kappa shape index (κ1) is 31.6. The predicted octanol–water partition coefficient (Wildman–Crippen LogP) is 3.92. The van der Waals surface area contributed by atoms with Gasteiger partial charge in [-0.1, -0.05) is 37.6 Å². The summed E-state index contributed by atoms with van der Waals surface area (Å²) in [6, 6.07) is 3.12. The van der Waals surface area contributed by atoms with Crippen molar-refractivity contribution in [3.05, 3.63) is 46.0 Å². The van der Waals surface area contributed by atoms with Crippen molar-refractivity contribution in [2.24, 2.45) is 29.4 Å². The number of aliphatic hydroxyl groups excluding tert-OH is 3. The molecule has 0 saturated carbocycles. The fourth-order valence-corrected chi connectivity index (χ4v) is 5.33. The summed E-state index contributed by atoms with van der Waals surface area (Å²) >= 11 is 6.29. The average Bonchev–Trinajstić information content (AvgIpc) is 2.85. The molecular formula is C28H41ClN2O7. The summed E-state index contributed by atoms with van der Waals surface area (Å²) in [7, 11) is 0. The van der Waals surface area contributed by atoms with Crippen LogP contribution in [0.3, 0.4) is 0 Å². The number of carbonyl (C=O) groups is 2. The summed E-state index contributed by atoms with van der Waals surface area (Å²) in [5.41, 5.74) is 7.06. The van der Waals surface area contributed by atoms with Crippen LogP contribution in [0.25, 0.3) is 0 Å². The van der Waals surface area contributed by atoms with Crippen molar-refractivity contribution >= 4 is 29.3 Å². The molecule has 0 aliphatic carbocycles. The molecule has 0 aromatic heterocycles. The minimum absolute atomic E-state index is 0.0552. The first-order valence-corrected chi connectivity index (χ1v) is 13.3. The number of aliphatic hydroxyl groups is 3. The second-order valence-corrected chi connectivity index (χ2v) is 10.9. The molecule has 0 saturated heterocycles. The van der Waals surface area contributed by atoms with Crippen LogP contribution in [0.2, 0.25) is 5.02 Å². The van der Waals surface area contributed by atoms with Gasteiger partial charge in [0.15, 0.2) is 0 Å². The Bertz CT molecular complexity index is 1040. The molecule has 1 heterocycles. The topological polar surface area (TPSA) is 162 Å². The van der Waals surface area contributed by atoms with Crippen LogP contribution in [-0.2, 0) is 16.0 Å². The summed E-state index contributed by atoms with van der Waals surface area (Å²) in [5, 5.41) is 45.1. The van der Waals surface area contributed by atoms with Gasteiger partial charge in [-0.15, -0.1) is 0 Å². The van der Waals surface area contributed by atoms with Crippen molar-refractivity contribution in [3.63, 3.8) is 0 Å². The summed E-state index contributed by atoms with van der Waals surface area (Å²) in [5.74, 6) is -1.94. The van der Waals surface area contributed by atoms with Gasteiger partial charge in [0.25, 0.3) is 5.91 Å². The molecule has 1 aliphatic rings. The lowest BCUT2D eigenvalue weighted by molar-refractivity contribution is -0.112. The molecule has 6 atom stereocenters. The first-order chi connectivity index (χ1) is 17.9. The number of amides is 2. The van der Waals surface area contributed by atoms with Gasteiger partial charge in [0.05, 0.1) is 11.8 Å². The number of hydrogen-bond donors (Lipinski definition) is 6. The number of anilines is 1. The zero-order chi connectivity index (χ0) is 28.6. The lowest BCUT2D eigenvalue weighted by atomic mass is 9.82. The lowest BCUT2D eigenvalue weighted by Gasteiger charge is -2.30. The Hall–Kier alpha value is -2.59. The Morgan fingerprint density at radius 3 is 2.45 bits per heavy atom. The van der Waals surface area contributed by atoms with E-state index in [1.165, 1.54) is 6.07 Å². The van der Waals surface area contributed by atoms with E-state index >= 15 is 0 Å². The SMILES string of the molecule is CC1=CCC[C@H](CO)[C@@H](OC(N)=O)C(C)=C[C@H](C)[C@@H](O)[C@@H](CO)C[C@H](C)Cc2cc(Cl)cc(c2O)NC1=O. The highest BCUT2D eigenvalue weighted by Gasteiger charge is 2.29. The summed E-state index contributed by atoms with van der Waals surface area (Å²) in [6.45, 7) is 6.57. The number of carbonyl (C=O) groups excluding carboxylic acids is 2. The standard InChI is InChI=1S/C28H41ClN2O7/c1-15-8-20-11-22(29)12-23(25(20)35)31-27(36)16(2)6-5-7-19(13-32)26(38-28(30)37)18(4)10-17(3)24(34)21(9-15)14-33/h6,10-12,15,17,19,21,24,26,32-35H,5,7-9,13-14H2,1-4H3,(H2,30,37)(H,31,36)/t15-,17+,19-,21-,24-,26+/m1/s1. The van der Waals surface area contributed by atoms with E-state index in [4.69, 9.17) is 22.1 Å². The van der Waals surface area contributed by atoms with Crippen molar-refractivity contribution in [2.75, 3.05) is 18.5 Å². The minimum atomic E-state index is -0.985. The van der Waals surface area contributed by atoms with Crippen LogP contribution in [-0.4, -0.2) is 57.8 Å². The van der Waals surface area contributed by atoms with Crippen LogP contribution in [0.4, 0.5) is 10.5 Å². The molecule has 2 amide bonds. The monoisotopic (exact) mass is 552 g/mol. The van der Waals surface area contributed by atoms with Crippen LogP contribution >= 0.6 is 11.6 Å². The highest BCUT2D eigenvalue weighted by molar-refractivity contribution is 6.31. The van der Waals surface area contributed by atoms with Crippen molar-refractivity contribution in [2.45, 2.75) is 65.6 Å². The smallest absolute Gasteiger partial charge is 0.405 e. The molecule has 0 spiro atoms. The van der Waals surface area contributed by atoms with Crippen LogP contribution in [0, 0.1) is 23.7 Å². The number of ether oxygens (including phenoxy) is 1. The zero-order valence-corrected chi connectivity index (χ0v) is 23.2. The Morgan fingerprint density at radius 1 is 1.18 bits per heavy atom. The molecule has 9 nitrogen and oxygen atoms in total. The molecular weight excluding hydrogens is 512 g/mol. The van der Waals surface area contributed by atoms with Crippen LogP contribution in [0.15, 0.2) is 35.4 Å². The maximum Gasteiger partial charge on any atom is 0.405 e. The van der Waals surface area contributed by atoms with Gasteiger partial charge in [0.2, 0.25) is 0 Å². The Balaban J connectivity index is 2.52.